The van der Waals surface area contributed by atoms with Crippen molar-refractivity contribution in [1.82, 2.24) is 19.7 Å². The van der Waals surface area contributed by atoms with Crippen molar-refractivity contribution in [3.05, 3.63) is 35.0 Å². The summed E-state index contributed by atoms with van der Waals surface area (Å²) < 4.78 is 1.83. The average molecular weight is 231 g/mol. The standard InChI is InChI=1S/C12H17N5/c1-4-11-8(2)16-17(9(11)3)12-7-14-6-10(5-13)15-12/h6-7H,4-5,13H2,1-3H3. The Morgan fingerprint density at radius 3 is 2.65 bits per heavy atom. The fourth-order valence-corrected chi connectivity index (χ4v) is 2.00. The van der Waals surface area contributed by atoms with Gasteiger partial charge in [0.1, 0.15) is 0 Å². The molecular formula is C12H17N5. The van der Waals surface area contributed by atoms with Crippen LogP contribution in [0, 0.1) is 13.8 Å². The predicted molar refractivity (Wildman–Crippen MR) is 65.9 cm³/mol. The van der Waals surface area contributed by atoms with Crippen molar-refractivity contribution in [2.45, 2.75) is 33.7 Å². The monoisotopic (exact) mass is 231 g/mol. The van der Waals surface area contributed by atoms with E-state index in [-0.39, 0.29) is 0 Å². The Kier molecular flexibility index (Phi) is 3.19. The van der Waals surface area contributed by atoms with E-state index < -0.39 is 0 Å². The molecule has 0 saturated heterocycles. The molecular weight excluding hydrogens is 214 g/mol. The topological polar surface area (TPSA) is 69.6 Å². The van der Waals surface area contributed by atoms with Crippen LogP contribution < -0.4 is 5.73 Å². The van der Waals surface area contributed by atoms with E-state index in [1.807, 2.05) is 11.6 Å². The van der Waals surface area contributed by atoms with Crippen LogP contribution in [0.3, 0.4) is 0 Å². The summed E-state index contributed by atoms with van der Waals surface area (Å²) in [5.74, 6) is 0.730. The van der Waals surface area contributed by atoms with Gasteiger partial charge in [0.25, 0.3) is 0 Å². The highest BCUT2D eigenvalue weighted by Gasteiger charge is 2.12. The molecule has 0 amide bonds. The second-order valence-corrected chi connectivity index (χ2v) is 3.99. The first-order chi connectivity index (χ1) is 8.17. The molecule has 5 heteroatoms. The van der Waals surface area contributed by atoms with Gasteiger partial charge in [0.05, 0.1) is 17.6 Å². The first-order valence-corrected chi connectivity index (χ1v) is 5.73. The van der Waals surface area contributed by atoms with Crippen molar-refractivity contribution in [3.63, 3.8) is 0 Å². The zero-order chi connectivity index (χ0) is 12.4. The summed E-state index contributed by atoms with van der Waals surface area (Å²) in [5.41, 5.74) is 9.77. The molecule has 90 valence electrons. The van der Waals surface area contributed by atoms with E-state index >= 15 is 0 Å². The van der Waals surface area contributed by atoms with Crippen LogP contribution in [0.25, 0.3) is 5.82 Å². The molecule has 2 heterocycles. The van der Waals surface area contributed by atoms with Gasteiger partial charge in [0.15, 0.2) is 5.82 Å². The lowest BCUT2D eigenvalue weighted by Crippen LogP contribution is -2.07. The Labute approximate surface area is 101 Å². The maximum Gasteiger partial charge on any atom is 0.172 e. The van der Waals surface area contributed by atoms with E-state index in [0.717, 1.165) is 29.3 Å². The van der Waals surface area contributed by atoms with Crippen molar-refractivity contribution in [2.24, 2.45) is 5.73 Å². The second-order valence-electron chi connectivity index (χ2n) is 3.99. The first kappa shape index (κ1) is 11.7. The van der Waals surface area contributed by atoms with Gasteiger partial charge in [-0.2, -0.15) is 5.10 Å². The number of rotatable bonds is 3. The summed E-state index contributed by atoms with van der Waals surface area (Å²) in [5, 5.41) is 4.50. The molecule has 0 atom stereocenters. The van der Waals surface area contributed by atoms with Gasteiger partial charge in [0.2, 0.25) is 0 Å². The van der Waals surface area contributed by atoms with Gasteiger partial charge in [-0.3, -0.25) is 4.98 Å². The van der Waals surface area contributed by atoms with Crippen LogP contribution in [0.4, 0.5) is 0 Å². The SMILES string of the molecule is CCc1c(C)nn(-c2cncc(CN)n2)c1C. The van der Waals surface area contributed by atoms with E-state index in [2.05, 4.69) is 28.9 Å². The minimum Gasteiger partial charge on any atom is -0.325 e. The Morgan fingerprint density at radius 1 is 1.29 bits per heavy atom. The molecule has 17 heavy (non-hydrogen) atoms. The van der Waals surface area contributed by atoms with Crippen LogP contribution in [0.2, 0.25) is 0 Å². The van der Waals surface area contributed by atoms with E-state index in [1.54, 1.807) is 12.4 Å². The Balaban J connectivity index is 2.52. The van der Waals surface area contributed by atoms with Crippen molar-refractivity contribution in [3.8, 4) is 5.82 Å². The quantitative estimate of drug-likeness (QED) is 0.864. The minimum absolute atomic E-state index is 0.390. The third kappa shape index (κ3) is 2.06. The van der Waals surface area contributed by atoms with Gasteiger partial charge < -0.3 is 5.73 Å². The molecule has 0 radical (unpaired) electrons. The van der Waals surface area contributed by atoms with Crippen LogP contribution in [0.1, 0.15) is 29.6 Å². The summed E-state index contributed by atoms with van der Waals surface area (Å²) in [6, 6.07) is 0. The summed E-state index contributed by atoms with van der Waals surface area (Å²) in [6.07, 6.45) is 4.36. The van der Waals surface area contributed by atoms with Crippen molar-refractivity contribution in [2.75, 3.05) is 0 Å². The zero-order valence-corrected chi connectivity index (χ0v) is 10.4. The molecule has 0 saturated carbocycles. The van der Waals surface area contributed by atoms with Crippen molar-refractivity contribution in [1.29, 1.82) is 0 Å². The van der Waals surface area contributed by atoms with Crippen LogP contribution in [-0.4, -0.2) is 19.7 Å². The molecule has 2 N–H and O–H groups in total. The molecule has 0 bridgehead atoms. The highest BCUT2D eigenvalue weighted by atomic mass is 15.3. The van der Waals surface area contributed by atoms with Gasteiger partial charge >= 0.3 is 0 Å². The number of nitrogens with two attached hydrogens (primary N) is 1. The maximum atomic E-state index is 5.56. The van der Waals surface area contributed by atoms with Crippen molar-refractivity contribution < 1.29 is 0 Å². The maximum absolute atomic E-state index is 5.56. The smallest absolute Gasteiger partial charge is 0.172 e. The summed E-state index contributed by atoms with van der Waals surface area (Å²) in [4.78, 5) is 8.56. The normalized spacial score (nSPS) is 10.8. The molecule has 0 aliphatic carbocycles. The Bertz CT molecular complexity index is 530. The fraction of sp³-hybridized carbons (Fsp3) is 0.417. The second kappa shape index (κ2) is 4.63. The summed E-state index contributed by atoms with van der Waals surface area (Å²) >= 11 is 0. The molecule has 5 nitrogen and oxygen atoms in total. The van der Waals surface area contributed by atoms with Gasteiger partial charge in [-0.1, -0.05) is 6.92 Å². The number of aromatic nitrogens is 4. The molecule has 0 unspecified atom stereocenters. The van der Waals surface area contributed by atoms with Crippen molar-refractivity contribution >= 4 is 0 Å². The lowest BCUT2D eigenvalue weighted by atomic mass is 10.1. The Morgan fingerprint density at radius 2 is 2.06 bits per heavy atom. The predicted octanol–water partition coefficient (Wildman–Crippen LogP) is 1.30. The third-order valence-electron chi connectivity index (χ3n) is 2.89. The van der Waals surface area contributed by atoms with Crippen LogP contribution >= 0.6 is 0 Å². The molecule has 2 rings (SSSR count). The molecule has 2 aromatic heterocycles. The molecule has 0 aromatic carbocycles. The van der Waals surface area contributed by atoms with E-state index in [9.17, 15) is 0 Å². The molecule has 0 fully saturated rings. The van der Waals surface area contributed by atoms with Gasteiger partial charge in [-0.05, 0) is 25.8 Å². The van der Waals surface area contributed by atoms with Gasteiger partial charge in [-0.15, -0.1) is 0 Å². The van der Waals surface area contributed by atoms with Crippen LogP contribution in [0.5, 0.6) is 0 Å². The summed E-state index contributed by atoms with van der Waals surface area (Å²) in [7, 11) is 0. The lowest BCUT2D eigenvalue weighted by Gasteiger charge is -2.04. The van der Waals surface area contributed by atoms with E-state index in [1.165, 1.54) is 5.56 Å². The number of hydrogen-bond donors (Lipinski definition) is 1. The number of hydrogen-bond acceptors (Lipinski definition) is 4. The highest BCUT2D eigenvalue weighted by molar-refractivity contribution is 5.31. The number of aryl methyl sites for hydroxylation is 1. The van der Waals surface area contributed by atoms with Gasteiger partial charge in [-0.25, -0.2) is 9.67 Å². The van der Waals surface area contributed by atoms with Gasteiger partial charge in [0, 0.05) is 18.4 Å². The third-order valence-corrected chi connectivity index (χ3v) is 2.89. The minimum atomic E-state index is 0.390. The van der Waals surface area contributed by atoms with E-state index in [4.69, 9.17) is 5.73 Å². The molecule has 0 aliphatic rings. The molecule has 0 aliphatic heterocycles. The number of nitrogens with zero attached hydrogens (tertiary/aromatic N) is 4. The molecule has 0 spiro atoms. The summed E-state index contributed by atoms with van der Waals surface area (Å²) in [6.45, 7) is 6.59. The zero-order valence-electron chi connectivity index (χ0n) is 10.4. The van der Waals surface area contributed by atoms with E-state index in [0.29, 0.717) is 6.54 Å². The molecule has 2 aromatic rings. The lowest BCUT2D eigenvalue weighted by molar-refractivity contribution is 0.784. The highest BCUT2D eigenvalue weighted by Crippen LogP contribution is 2.16. The Hall–Kier alpha value is -1.75. The van der Waals surface area contributed by atoms with Crippen LogP contribution in [-0.2, 0) is 13.0 Å². The largest absolute Gasteiger partial charge is 0.325 e. The first-order valence-electron chi connectivity index (χ1n) is 5.73. The average Bonchev–Trinajstić information content (AvgIpc) is 2.64. The van der Waals surface area contributed by atoms with Crippen LogP contribution in [0.15, 0.2) is 12.4 Å². The fourth-order valence-electron chi connectivity index (χ4n) is 2.00.